The van der Waals surface area contributed by atoms with Crippen molar-refractivity contribution < 1.29 is 14.6 Å². The van der Waals surface area contributed by atoms with E-state index >= 15 is 0 Å². The second-order valence-corrected chi connectivity index (χ2v) is 14.9. The lowest BCUT2D eigenvalue weighted by atomic mass is 9.43. The molecule has 0 amide bonds. The number of esters is 1. The third-order valence-corrected chi connectivity index (χ3v) is 12.7. The van der Waals surface area contributed by atoms with E-state index in [1.165, 1.54) is 70.5 Å². The molecule has 0 radical (unpaired) electrons. The first kappa shape index (κ1) is 28.2. The van der Waals surface area contributed by atoms with Crippen LogP contribution in [0.1, 0.15) is 127 Å². The molecular formula is C35H54O3. The Morgan fingerprint density at radius 1 is 0.974 bits per heavy atom. The lowest BCUT2D eigenvalue weighted by molar-refractivity contribution is -0.137. The normalized spacial score (nSPS) is 41.2. The average molecular weight is 523 g/mol. The number of carbonyl (C=O) groups is 1. The molecule has 1 aromatic rings. The molecule has 212 valence electrons. The number of fused-ring (bicyclic) bond motifs is 5. The number of carbonyl (C=O) groups excluding carboxylic acids is 1. The quantitative estimate of drug-likeness (QED) is 0.364. The molecule has 4 saturated carbocycles. The minimum atomic E-state index is -0.301. The number of benzene rings is 1. The molecule has 4 aliphatic carbocycles. The summed E-state index contributed by atoms with van der Waals surface area (Å²) in [5.74, 6) is 5.66. The fraction of sp³-hybridized carbons (Fsp3) is 0.800. The zero-order valence-electron chi connectivity index (χ0n) is 25.0. The second kappa shape index (κ2) is 10.9. The van der Waals surface area contributed by atoms with Gasteiger partial charge < -0.3 is 9.84 Å². The highest BCUT2D eigenvalue weighted by molar-refractivity contribution is 5.89. The largest absolute Gasteiger partial charge is 0.465 e. The van der Waals surface area contributed by atoms with E-state index in [0.717, 1.165) is 48.3 Å². The molecule has 1 aromatic carbocycles. The standard InChI is InChI=1S/C35H54O3/c1-22(2)8-7-9-23(3)29-16-17-30-27-15-14-26-20-28(24-10-12-25(13-11-24)33(37)38-6)32(36)21-35(26,5)31(27)18-19-34(29,30)4/h10-13,22-23,26-32,36H,7-9,14-21H2,1-6H3. The fourth-order valence-electron chi connectivity index (χ4n) is 10.7. The van der Waals surface area contributed by atoms with Crippen molar-refractivity contribution >= 4 is 5.97 Å². The summed E-state index contributed by atoms with van der Waals surface area (Å²) in [4.78, 5) is 11.9. The molecule has 0 aromatic heterocycles. The van der Waals surface area contributed by atoms with Crippen LogP contribution in [0.2, 0.25) is 0 Å². The zero-order chi connectivity index (χ0) is 27.2. The predicted molar refractivity (Wildman–Crippen MR) is 155 cm³/mol. The highest BCUT2D eigenvalue weighted by Gasteiger charge is 2.61. The van der Waals surface area contributed by atoms with E-state index in [1.54, 1.807) is 0 Å². The van der Waals surface area contributed by atoms with Crippen LogP contribution in [0.3, 0.4) is 0 Å². The van der Waals surface area contributed by atoms with Gasteiger partial charge in [-0.05, 0) is 121 Å². The molecule has 4 aliphatic rings. The van der Waals surface area contributed by atoms with Crippen LogP contribution in [0.5, 0.6) is 0 Å². The van der Waals surface area contributed by atoms with Crippen LogP contribution in [0.4, 0.5) is 0 Å². The van der Waals surface area contributed by atoms with Gasteiger partial charge in [-0.1, -0.05) is 66.0 Å². The summed E-state index contributed by atoms with van der Waals surface area (Å²) < 4.78 is 4.87. The van der Waals surface area contributed by atoms with Crippen LogP contribution in [-0.4, -0.2) is 24.3 Å². The maximum atomic E-state index is 11.9. The Labute approximate surface area is 232 Å². The number of ether oxygens (including phenoxy) is 1. The number of hydrogen-bond acceptors (Lipinski definition) is 3. The van der Waals surface area contributed by atoms with Crippen molar-refractivity contribution in [2.45, 2.75) is 117 Å². The van der Waals surface area contributed by atoms with Crippen LogP contribution in [0, 0.1) is 52.3 Å². The molecule has 3 nitrogen and oxygen atoms in total. The molecule has 38 heavy (non-hydrogen) atoms. The second-order valence-electron chi connectivity index (χ2n) is 14.9. The van der Waals surface area contributed by atoms with E-state index in [4.69, 9.17) is 4.74 Å². The zero-order valence-corrected chi connectivity index (χ0v) is 25.0. The van der Waals surface area contributed by atoms with Gasteiger partial charge in [0.1, 0.15) is 0 Å². The number of rotatable bonds is 7. The molecule has 3 heteroatoms. The molecule has 10 unspecified atom stereocenters. The summed E-state index contributed by atoms with van der Waals surface area (Å²) in [6, 6.07) is 7.81. The van der Waals surface area contributed by atoms with Crippen molar-refractivity contribution in [1.82, 2.24) is 0 Å². The van der Waals surface area contributed by atoms with Crippen molar-refractivity contribution in [3.63, 3.8) is 0 Å². The third kappa shape index (κ3) is 4.88. The summed E-state index contributed by atoms with van der Waals surface area (Å²) in [6.45, 7) is 12.5. The predicted octanol–water partition coefficient (Wildman–Crippen LogP) is 8.65. The van der Waals surface area contributed by atoms with E-state index in [2.05, 4.69) is 34.6 Å². The topological polar surface area (TPSA) is 46.5 Å². The number of aliphatic hydroxyl groups is 1. The Morgan fingerprint density at radius 3 is 2.37 bits per heavy atom. The van der Waals surface area contributed by atoms with Gasteiger partial charge in [0.25, 0.3) is 0 Å². The molecule has 0 heterocycles. The van der Waals surface area contributed by atoms with Gasteiger partial charge in [-0.2, -0.15) is 0 Å². The first-order valence-electron chi connectivity index (χ1n) is 15.9. The highest BCUT2D eigenvalue weighted by atomic mass is 16.5. The average Bonchev–Trinajstić information content (AvgIpc) is 3.25. The van der Waals surface area contributed by atoms with Gasteiger partial charge in [0.15, 0.2) is 0 Å². The van der Waals surface area contributed by atoms with Crippen molar-refractivity contribution in [2.75, 3.05) is 7.11 Å². The van der Waals surface area contributed by atoms with E-state index in [0.29, 0.717) is 16.9 Å². The Hall–Kier alpha value is -1.35. The summed E-state index contributed by atoms with van der Waals surface area (Å²) >= 11 is 0. The smallest absolute Gasteiger partial charge is 0.337 e. The molecule has 0 spiro atoms. The van der Waals surface area contributed by atoms with E-state index < -0.39 is 0 Å². The van der Waals surface area contributed by atoms with E-state index in [9.17, 15) is 9.90 Å². The van der Waals surface area contributed by atoms with Crippen LogP contribution in [-0.2, 0) is 4.74 Å². The monoisotopic (exact) mass is 522 g/mol. The molecular weight excluding hydrogens is 468 g/mol. The molecule has 4 fully saturated rings. The first-order valence-corrected chi connectivity index (χ1v) is 15.9. The molecule has 0 aliphatic heterocycles. The molecule has 10 atom stereocenters. The summed E-state index contributed by atoms with van der Waals surface area (Å²) in [5.41, 5.74) is 2.54. The number of aliphatic hydroxyl groups excluding tert-OH is 1. The van der Waals surface area contributed by atoms with Gasteiger partial charge >= 0.3 is 5.97 Å². The van der Waals surface area contributed by atoms with Crippen LogP contribution >= 0.6 is 0 Å². The Morgan fingerprint density at radius 2 is 1.68 bits per heavy atom. The maximum absolute atomic E-state index is 11.9. The molecule has 0 bridgehead atoms. The number of hydrogen-bond donors (Lipinski definition) is 1. The summed E-state index contributed by atoms with van der Waals surface area (Å²) in [7, 11) is 1.42. The first-order chi connectivity index (χ1) is 18.1. The Bertz CT molecular complexity index is 968. The molecule has 5 rings (SSSR count). The summed E-state index contributed by atoms with van der Waals surface area (Å²) in [5, 5.41) is 11.5. The lowest BCUT2D eigenvalue weighted by Gasteiger charge is -2.62. The van der Waals surface area contributed by atoms with Crippen molar-refractivity contribution in [1.29, 1.82) is 0 Å². The SMILES string of the molecule is COC(=O)c1ccc(C2CC3CCC4C(CCC5(C)C(C(C)CCCC(C)C)CCC45)C3(C)CC2O)cc1. The Balaban J connectivity index is 1.28. The van der Waals surface area contributed by atoms with E-state index in [1.807, 2.05) is 24.3 Å². The van der Waals surface area contributed by atoms with Gasteiger partial charge in [-0.25, -0.2) is 4.79 Å². The molecule has 1 N–H and O–H groups in total. The molecule has 0 saturated heterocycles. The third-order valence-electron chi connectivity index (χ3n) is 12.7. The highest BCUT2D eigenvalue weighted by Crippen LogP contribution is 2.69. The van der Waals surface area contributed by atoms with Crippen LogP contribution in [0.25, 0.3) is 0 Å². The van der Waals surface area contributed by atoms with Gasteiger partial charge in [0.2, 0.25) is 0 Å². The maximum Gasteiger partial charge on any atom is 0.337 e. The van der Waals surface area contributed by atoms with Crippen LogP contribution < -0.4 is 0 Å². The van der Waals surface area contributed by atoms with Crippen LogP contribution in [0.15, 0.2) is 24.3 Å². The number of methoxy groups -OCH3 is 1. The van der Waals surface area contributed by atoms with Gasteiger partial charge in [-0.3, -0.25) is 0 Å². The Kier molecular flexibility index (Phi) is 8.09. The fourth-order valence-corrected chi connectivity index (χ4v) is 10.7. The van der Waals surface area contributed by atoms with Gasteiger partial charge in [0.05, 0.1) is 18.8 Å². The van der Waals surface area contributed by atoms with Crippen molar-refractivity contribution in [2.24, 2.45) is 52.3 Å². The van der Waals surface area contributed by atoms with E-state index in [-0.39, 0.29) is 23.4 Å². The van der Waals surface area contributed by atoms with Gasteiger partial charge in [0, 0.05) is 5.92 Å². The minimum absolute atomic E-state index is 0.174. The van der Waals surface area contributed by atoms with Crippen molar-refractivity contribution in [3.8, 4) is 0 Å². The minimum Gasteiger partial charge on any atom is -0.465 e. The summed E-state index contributed by atoms with van der Waals surface area (Å²) in [6.07, 6.45) is 14.3. The van der Waals surface area contributed by atoms with Gasteiger partial charge in [-0.15, -0.1) is 0 Å². The van der Waals surface area contributed by atoms with Crippen molar-refractivity contribution in [3.05, 3.63) is 35.4 Å². The lowest BCUT2D eigenvalue weighted by Crippen LogP contribution is -2.55.